The summed E-state index contributed by atoms with van der Waals surface area (Å²) in [7, 11) is 0. The molecule has 1 saturated carbocycles. The van der Waals surface area contributed by atoms with Crippen molar-refractivity contribution in [3.8, 4) is 11.4 Å². The van der Waals surface area contributed by atoms with Gasteiger partial charge >= 0.3 is 0 Å². The molecular weight excluding hydrogens is 294 g/mol. The van der Waals surface area contributed by atoms with Gasteiger partial charge in [-0.1, -0.05) is 12.1 Å². The van der Waals surface area contributed by atoms with Crippen molar-refractivity contribution in [3.05, 3.63) is 41.2 Å². The Morgan fingerprint density at radius 2 is 2.13 bits per heavy atom. The van der Waals surface area contributed by atoms with Gasteiger partial charge in [-0.2, -0.15) is 5.10 Å². The van der Waals surface area contributed by atoms with Crippen molar-refractivity contribution in [1.82, 2.24) is 14.7 Å². The van der Waals surface area contributed by atoms with E-state index in [1.807, 2.05) is 32.0 Å². The number of aromatic hydroxyl groups is 1. The molecule has 1 aliphatic rings. The first-order chi connectivity index (χ1) is 11.0. The molecule has 1 heterocycles. The zero-order chi connectivity index (χ0) is 16.6. The number of aliphatic hydroxyl groups excluding tert-OH is 1. The van der Waals surface area contributed by atoms with Gasteiger partial charge in [0.15, 0.2) is 11.4 Å². The predicted molar refractivity (Wildman–Crippen MR) is 85.8 cm³/mol. The molecule has 1 aliphatic carbocycles. The van der Waals surface area contributed by atoms with Gasteiger partial charge in [-0.15, -0.1) is 0 Å². The Morgan fingerprint density at radius 1 is 1.39 bits per heavy atom. The van der Waals surface area contributed by atoms with E-state index in [9.17, 15) is 9.90 Å². The van der Waals surface area contributed by atoms with E-state index >= 15 is 0 Å². The lowest BCUT2D eigenvalue weighted by Crippen LogP contribution is -2.35. The summed E-state index contributed by atoms with van der Waals surface area (Å²) in [6.45, 7) is 4.15. The highest BCUT2D eigenvalue weighted by molar-refractivity contribution is 5.95. The van der Waals surface area contributed by atoms with Crippen molar-refractivity contribution in [2.75, 3.05) is 13.2 Å². The van der Waals surface area contributed by atoms with Crippen LogP contribution in [0.1, 0.15) is 34.5 Å². The lowest BCUT2D eigenvalue weighted by atomic mass is 10.1. The van der Waals surface area contributed by atoms with Crippen molar-refractivity contribution in [2.45, 2.75) is 32.7 Å². The summed E-state index contributed by atoms with van der Waals surface area (Å²) in [5, 5.41) is 23.6. The first-order valence-corrected chi connectivity index (χ1v) is 7.80. The number of nitrogens with zero attached hydrogens (tertiary/aromatic N) is 3. The third-order valence-electron chi connectivity index (χ3n) is 4.31. The van der Waals surface area contributed by atoms with E-state index < -0.39 is 0 Å². The summed E-state index contributed by atoms with van der Waals surface area (Å²) < 4.78 is 1.54. The van der Waals surface area contributed by atoms with Gasteiger partial charge in [0.2, 0.25) is 0 Å². The molecule has 0 atom stereocenters. The van der Waals surface area contributed by atoms with Gasteiger partial charge in [0, 0.05) is 12.6 Å². The molecule has 2 N–H and O–H groups in total. The number of benzene rings is 1. The van der Waals surface area contributed by atoms with Crippen molar-refractivity contribution >= 4 is 5.91 Å². The summed E-state index contributed by atoms with van der Waals surface area (Å²) in [5.41, 5.74) is 3.03. The normalized spacial score (nSPS) is 14.0. The van der Waals surface area contributed by atoms with Crippen LogP contribution in [0.2, 0.25) is 0 Å². The molecule has 0 radical (unpaired) electrons. The van der Waals surface area contributed by atoms with Crippen LogP contribution in [0.4, 0.5) is 0 Å². The molecule has 6 nitrogen and oxygen atoms in total. The second kappa shape index (κ2) is 6.04. The summed E-state index contributed by atoms with van der Waals surface area (Å²) in [4.78, 5) is 14.2. The lowest BCUT2D eigenvalue weighted by Gasteiger charge is -2.20. The maximum absolute atomic E-state index is 12.6. The molecule has 23 heavy (non-hydrogen) atoms. The minimum absolute atomic E-state index is 0.0336. The molecule has 0 unspecified atom stereocenters. The highest BCUT2D eigenvalue weighted by Crippen LogP contribution is 2.30. The zero-order valence-electron chi connectivity index (χ0n) is 13.4. The Balaban J connectivity index is 1.94. The summed E-state index contributed by atoms with van der Waals surface area (Å²) in [6.07, 6.45) is 3.33. The van der Waals surface area contributed by atoms with Gasteiger partial charge < -0.3 is 15.1 Å². The van der Waals surface area contributed by atoms with Gasteiger partial charge in [-0.25, -0.2) is 4.68 Å². The number of rotatable bonds is 5. The van der Waals surface area contributed by atoms with Crippen LogP contribution < -0.4 is 0 Å². The highest BCUT2D eigenvalue weighted by atomic mass is 16.3. The molecule has 1 aromatic carbocycles. The summed E-state index contributed by atoms with van der Waals surface area (Å²) in [6, 6.07) is 5.97. The molecule has 6 heteroatoms. The molecule has 1 amide bonds. The van der Waals surface area contributed by atoms with Crippen molar-refractivity contribution < 1.29 is 15.0 Å². The van der Waals surface area contributed by atoms with E-state index in [0.29, 0.717) is 0 Å². The van der Waals surface area contributed by atoms with E-state index in [4.69, 9.17) is 5.11 Å². The number of amides is 1. The number of aliphatic hydroxyl groups is 1. The average Bonchev–Trinajstić information content (AvgIpc) is 3.29. The molecule has 1 aromatic heterocycles. The molecule has 1 fully saturated rings. The van der Waals surface area contributed by atoms with Gasteiger partial charge in [0.1, 0.15) is 0 Å². The third-order valence-corrected chi connectivity index (χ3v) is 4.31. The first-order valence-electron chi connectivity index (χ1n) is 7.80. The highest BCUT2D eigenvalue weighted by Gasteiger charge is 2.34. The van der Waals surface area contributed by atoms with E-state index in [1.165, 1.54) is 10.9 Å². The number of hydrogen-bond donors (Lipinski definition) is 2. The molecule has 0 bridgehead atoms. The third kappa shape index (κ3) is 2.94. The number of carbonyl (C=O) groups excluding carboxylic acids is 1. The fraction of sp³-hybridized carbons (Fsp3) is 0.412. The van der Waals surface area contributed by atoms with Crippen LogP contribution >= 0.6 is 0 Å². The monoisotopic (exact) mass is 315 g/mol. The zero-order valence-corrected chi connectivity index (χ0v) is 13.4. The van der Waals surface area contributed by atoms with Crippen LogP contribution in [0.3, 0.4) is 0 Å². The standard InChI is InChI=1S/C17H21N3O3/c1-11-4-3-5-14(12(11)2)20-10-15(22)16(18-20)17(23)19(8-9-21)13-6-7-13/h3-5,10,13,21-22H,6-9H2,1-2H3. The molecule has 0 saturated heterocycles. The smallest absolute Gasteiger partial charge is 0.278 e. The van der Waals surface area contributed by atoms with Crippen LogP contribution in [0, 0.1) is 13.8 Å². The van der Waals surface area contributed by atoms with E-state index in [2.05, 4.69) is 5.10 Å². The summed E-state index contributed by atoms with van der Waals surface area (Å²) in [5.74, 6) is -0.470. The Bertz CT molecular complexity index is 735. The van der Waals surface area contributed by atoms with Gasteiger partial charge in [-0.3, -0.25) is 4.79 Å². The second-order valence-corrected chi connectivity index (χ2v) is 5.98. The van der Waals surface area contributed by atoms with Crippen LogP contribution in [0.15, 0.2) is 24.4 Å². The molecule has 2 aromatic rings. The van der Waals surface area contributed by atoms with Gasteiger partial charge in [0.05, 0.1) is 18.5 Å². The van der Waals surface area contributed by atoms with Crippen LogP contribution in [0.25, 0.3) is 5.69 Å². The van der Waals surface area contributed by atoms with Crippen molar-refractivity contribution in [1.29, 1.82) is 0 Å². The Labute approximate surface area is 135 Å². The topological polar surface area (TPSA) is 78.6 Å². The van der Waals surface area contributed by atoms with Crippen LogP contribution in [-0.2, 0) is 0 Å². The second-order valence-electron chi connectivity index (χ2n) is 5.98. The van der Waals surface area contributed by atoms with Crippen LogP contribution in [-0.4, -0.2) is 50.0 Å². The van der Waals surface area contributed by atoms with E-state index in [0.717, 1.165) is 29.7 Å². The number of aromatic nitrogens is 2. The fourth-order valence-corrected chi connectivity index (χ4v) is 2.70. The molecular formula is C17H21N3O3. The SMILES string of the molecule is Cc1cccc(-n2cc(O)c(C(=O)N(CCO)C3CC3)n2)c1C. The average molecular weight is 315 g/mol. The Morgan fingerprint density at radius 3 is 2.78 bits per heavy atom. The molecule has 0 spiro atoms. The Kier molecular flexibility index (Phi) is 4.09. The number of carbonyl (C=O) groups is 1. The fourth-order valence-electron chi connectivity index (χ4n) is 2.70. The number of hydrogen-bond acceptors (Lipinski definition) is 4. The van der Waals surface area contributed by atoms with Gasteiger partial charge in [-0.05, 0) is 43.9 Å². The molecule has 122 valence electrons. The predicted octanol–water partition coefficient (Wildman–Crippen LogP) is 1.79. The molecule has 0 aliphatic heterocycles. The van der Waals surface area contributed by atoms with E-state index in [1.54, 1.807) is 4.90 Å². The summed E-state index contributed by atoms with van der Waals surface area (Å²) >= 11 is 0. The maximum Gasteiger partial charge on any atom is 0.278 e. The quantitative estimate of drug-likeness (QED) is 0.882. The Hall–Kier alpha value is -2.34. The minimum Gasteiger partial charge on any atom is -0.504 e. The van der Waals surface area contributed by atoms with Gasteiger partial charge in [0.25, 0.3) is 5.91 Å². The maximum atomic E-state index is 12.6. The molecule has 3 rings (SSSR count). The first kappa shape index (κ1) is 15.6. The van der Waals surface area contributed by atoms with Crippen molar-refractivity contribution in [3.63, 3.8) is 0 Å². The van der Waals surface area contributed by atoms with Crippen LogP contribution in [0.5, 0.6) is 5.75 Å². The number of aryl methyl sites for hydroxylation is 1. The largest absolute Gasteiger partial charge is 0.504 e. The van der Waals surface area contributed by atoms with E-state index in [-0.39, 0.29) is 36.5 Å². The lowest BCUT2D eigenvalue weighted by molar-refractivity contribution is 0.0698. The minimum atomic E-state index is -0.330. The van der Waals surface area contributed by atoms with Crippen molar-refractivity contribution in [2.24, 2.45) is 0 Å².